The Morgan fingerprint density at radius 2 is 1.62 bits per heavy atom. The number of hydrogen-bond acceptors (Lipinski definition) is 1. The van der Waals surface area contributed by atoms with Crippen LogP contribution in [-0.2, 0) is 0 Å². The van der Waals surface area contributed by atoms with Crippen LogP contribution in [0, 0.1) is 18.6 Å². The van der Waals surface area contributed by atoms with E-state index >= 15 is 0 Å². The van der Waals surface area contributed by atoms with Crippen molar-refractivity contribution >= 4 is 0 Å². The van der Waals surface area contributed by atoms with Crippen LogP contribution in [0.1, 0.15) is 5.56 Å². The third-order valence-electron chi connectivity index (χ3n) is 2.46. The number of rotatable bonds is 1. The predicted octanol–water partition coefficient (Wildman–Crippen LogP) is 3.65. The molecule has 0 heterocycles. The largest absolute Gasteiger partial charge is 0.505 e. The molecule has 1 nitrogen and oxygen atoms in total. The normalized spacial score (nSPS) is 10.4. The Hall–Kier alpha value is -1.90. The Morgan fingerprint density at radius 1 is 1.00 bits per heavy atom. The van der Waals surface area contributed by atoms with Gasteiger partial charge in [0.25, 0.3) is 0 Å². The number of aromatic hydroxyl groups is 1. The lowest BCUT2D eigenvalue weighted by molar-refractivity contribution is 0.404. The summed E-state index contributed by atoms with van der Waals surface area (Å²) in [5.41, 5.74) is 1.06. The average molecular weight is 220 g/mol. The van der Waals surface area contributed by atoms with Gasteiger partial charge < -0.3 is 5.11 Å². The van der Waals surface area contributed by atoms with Gasteiger partial charge in [-0.2, -0.15) is 4.39 Å². The van der Waals surface area contributed by atoms with Crippen molar-refractivity contribution in [2.75, 3.05) is 0 Å². The molecule has 0 amide bonds. The Labute approximate surface area is 92.0 Å². The summed E-state index contributed by atoms with van der Waals surface area (Å²) in [7, 11) is 0. The second-order valence-electron chi connectivity index (χ2n) is 3.58. The maximum atomic E-state index is 13.6. The van der Waals surface area contributed by atoms with E-state index in [1.807, 2.05) is 0 Å². The molecule has 0 saturated heterocycles. The summed E-state index contributed by atoms with van der Waals surface area (Å²) >= 11 is 0. The highest BCUT2D eigenvalue weighted by molar-refractivity contribution is 5.66. The van der Waals surface area contributed by atoms with E-state index in [0.717, 1.165) is 0 Å². The highest BCUT2D eigenvalue weighted by Crippen LogP contribution is 2.31. The van der Waals surface area contributed by atoms with Crippen LogP contribution in [0.25, 0.3) is 11.1 Å². The third kappa shape index (κ3) is 1.65. The van der Waals surface area contributed by atoms with Gasteiger partial charge in [-0.25, -0.2) is 4.39 Å². The topological polar surface area (TPSA) is 20.2 Å². The summed E-state index contributed by atoms with van der Waals surface area (Å²) in [6.45, 7) is 1.53. The molecular weight excluding hydrogens is 210 g/mol. The van der Waals surface area contributed by atoms with Crippen LogP contribution in [0.3, 0.4) is 0 Å². The number of hydrogen-bond donors (Lipinski definition) is 1. The lowest BCUT2D eigenvalue weighted by atomic mass is 10.0. The Morgan fingerprint density at radius 3 is 2.25 bits per heavy atom. The Bertz CT molecular complexity index is 521. The average Bonchev–Trinajstić information content (AvgIpc) is 2.32. The molecule has 0 aromatic heterocycles. The van der Waals surface area contributed by atoms with Gasteiger partial charge in [-0.3, -0.25) is 0 Å². The quantitative estimate of drug-likeness (QED) is 0.777. The first-order valence-corrected chi connectivity index (χ1v) is 4.84. The van der Waals surface area contributed by atoms with Gasteiger partial charge in [-0.15, -0.1) is 0 Å². The molecule has 0 fully saturated rings. The minimum atomic E-state index is -1.20. The molecule has 0 aliphatic heterocycles. The lowest BCUT2D eigenvalue weighted by Crippen LogP contribution is -1.93. The molecule has 16 heavy (non-hydrogen) atoms. The first-order chi connectivity index (χ1) is 7.61. The molecule has 0 spiro atoms. The SMILES string of the molecule is Cc1cc(-c2ccccc2)c(F)c(F)c1O. The zero-order chi connectivity index (χ0) is 11.7. The minimum absolute atomic E-state index is 0.161. The first kappa shape index (κ1) is 10.6. The second kappa shape index (κ2) is 3.93. The van der Waals surface area contributed by atoms with Gasteiger partial charge >= 0.3 is 0 Å². The van der Waals surface area contributed by atoms with E-state index in [9.17, 15) is 13.9 Å². The number of phenols is 1. The monoisotopic (exact) mass is 220 g/mol. The number of benzene rings is 2. The maximum absolute atomic E-state index is 13.6. The standard InChI is InChI=1S/C13H10F2O/c1-8-7-10(9-5-3-2-4-6-9)11(14)12(15)13(8)16/h2-7,16H,1H3. The highest BCUT2D eigenvalue weighted by Gasteiger charge is 2.16. The van der Waals surface area contributed by atoms with E-state index in [0.29, 0.717) is 11.1 Å². The molecule has 0 radical (unpaired) electrons. The molecule has 2 aromatic rings. The molecule has 3 heteroatoms. The van der Waals surface area contributed by atoms with Gasteiger partial charge in [0.1, 0.15) is 0 Å². The summed E-state index contributed by atoms with van der Waals surface area (Å²) in [4.78, 5) is 0. The third-order valence-corrected chi connectivity index (χ3v) is 2.46. The number of halogens is 2. The summed E-state index contributed by atoms with van der Waals surface area (Å²) < 4.78 is 26.9. The molecular formula is C13H10F2O. The van der Waals surface area contributed by atoms with Crippen LogP contribution in [-0.4, -0.2) is 5.11 Å². The molecule has 2 rings (SSSR count). The van der Waals surface area contributed by atoms with Crippen molar-refractivity contribution in [2.45, 2.75) is 6.92 Å². The van der Waals surface area contributed by atoms with E-state index in [2.05, 4.69) is 0 Å². The fraction of sp³-hybridized carbons (Fsp3) is 0.0769. The predicted molar refractivity (Wildman–Crippen MR) is 58.2 cm³/mol. The molecule has 0 bridgehead atoms. The van der Waals surface area contributed by atoms with Crippen LogP contribution in [0.5, 0.6) is 5.75 Å². The van der Waals surface area contributed by atoms with E-state index in [-0.39, 0.29) is 5.56 Å². The van der Waals surface area contributed by atoms with Crippen LogP contribution >= 0.6 is 0 Å². The van der Waals surface area contributed by atoms with E-state index in [4.69, 9.17) is 0 Å². The first-order valence-electron chi connectivity index (χ1n) is 4.84. The van der Waals surface area contributed by atoms with Gasteiger partial charge in [0.2, 0.25) is 5.82 Å². The summed E-state index contributed by atoms with van der Waals surface area (Å²) in [6.07, 6.45) is 0. The fourth-order valence-corrected chi connectivity index (χ4v) is 1.57. The van der Waals surface area contributed by atoms with E-state index in [1.165, 1.54) is 13.0 Å². The summed E-state index contributed by atoms with van der Waals surface area (Å²) in [5.74, 6) is -2.84. The van der Waals surface area contributed by atoms with Crippen LogP contribution in [0.4, 0.5) is 8.78 Å². The van der Waals surface area contributed by atoms with Crippen molar-refractivity contribution in [3.05, 3.63) is 53.6 Å². The van der Waals surface area contributed by atoms with Gasteiger partial charge in [-0.1, -0.05) is 30.3 Å². The van der Waals surface area contributed by atoms with Crippen molar-refractivity contribution in [2.24, 2.45) is 0 Å². The van der Waals surface area contributed by atoms with Crippen molar-refractivity contribution in [3.63, 3.8) is 0 Å². The smallest absolute Gasteiger partial charge is 0.201 e. The van der Waals surface area contributed by atoms with Gasteiger partial charge in [0.15, 0.2) is 11.6 Å². The zero-order valence-corrected chi connectivity index (χ0v) is 8.67. The molecule has 0 atom stereocenters. The molecule has 0 aliphatic carbocycles. The van der Waals surface area contributed by atoms with Crippen LogP contribution in [0.15, 0.2) is 36.4 Å². The zero-order valence-electron chi connectivity index (χ0n) is 8.67. The Kier molecular flexibility index (Phi) is 2.60. The number of aryl methyl sites for hydroxylation is 1. The molecule has 0 unspecified atom stereocenters. The van der Waals surface area contributed by atoms with Crippen molar-refractivity contribution in [1.29, 1.82) is 0 Å². The number of phenolic OH excluding ortho intramolecular Hbond substituents is 1. The summed E-state index contributed by atoms with van der Waals surface area (Å²) in [6, 6.07) is 10.1. The molecule has 82 valence electrons. The maximum Gasteiger partial charge on any atom is 0.201 e. The van der Waals surface area contributed by atoms with Gasteiger partial charge in [-0.05, 0) is 24.1 Å². The second-order valence-corrected chi connectivity index (χ2v) is 3.58. The van der Waals surface area contributed by atoms with Gasteiger partial charge in [0, 0.05) is 5.56 Å². The Balaban J connectivity index is 2.68. The van der Waals surface area contributed by atoms with Crippen molar-refractivity contribution in [1.82, 2.24) is 0 Å². The fourth-order valence-electron chi connectivity index (χ4n) is 1.57. The molecule has 2 aromatic carbocycles. The van der Waals surface area contributed by atoms with Crippen molar-refractivity contribution < 1.29 is 13.9 Å². The minimum Gasteiger partial charge on any atom is -0.505 e. The van der Waals surface area contributed by atoms with E-state index < -0.39 is 17.4 Å². The molecule has 0 aliphatic rings. The lowest BCUT2D eigenvalue weighted by Gasteiger charge is -2.08. The van der Waals surface area contributed by atoms with Crippen LogP contribution in [0.2, 0.25) is 0 Å². The molecule has 0 saturated carbocycles. The highest BCUT2D eigenvalue weighted by atomic mass is 19.2. The summed E-state index contributed by atoms with van der Waals surface area (Å²) in [5, 5.41) is 9.24. The molecule has 1 N–H and O–H groups in total. The van der Waals surface area contributed by atoms with Gasteiger partial charge in [0.05, 0.1) is 0 Å². The van der Waals surface area contributed by atoms with Crippen LogP contribution < -0.4 is 0 Å². The van der Waals surface area contributed by atoms with E-state index in [1.54, 1.807) is 30.3 Å². The van der Waals surface area contributed by atoms with Crippen molar-refractivity contribution in [3.8, 4) is 16.9 Å².